The molecule has 0 radical (unpaired) electrons. The van der Waals surface area contributed by atoms with Gasteiger partial charge in [-0.3, -0.25) is 9.69 Å². The predicted octanol–water partition coefficient (Wildman–Crippen LogP) is 5.32. The summed E-state index contributed by atoms with van der Waals surface area (Å²) in [6.07, 6.45) is 7.59. The molecule has 0 amide bonds. The zero-order chi connectivity index (χ0) is 20.8. The molecule has 2 aromatic carbocycles. The zero-order valence-corrected chi connectivity index (χ0v) is 18.2. The molecule has 0 aliphatic carbocycles. The molecule has 1 N–H and O–H groups in total. The van der Waals surface area contributed by atoms with Crippen LogP contribution in [0.5, 0.6) is 5.75 Å². The van der Waals surface area contributed by atoms with Crippen LogP contribution in [0.25, 0.3) is 0 Å². The second kappa shape index (κ2) is 10.1. The SMILES string of the molecule is COc1cccc(CN2CCC(CCC(=O)c3ccc4c(c3)NCCCC4)CC2)c1. The molecule has 0 spiro atoms. The highest BCUT2D eigenvalue weighted by atomic mass is 16.5. The minimum absolute atomic E-state index is 0.294. The third-order valence-electron chi connectivity index (χ3n) is 6.65. The first-order chi connectivity index (χ1) is 14.7. The molecule has 0 unspecified atom stereocenters. The second-order valence-corrected chi connectivity index (χ2v) is 8.79. The van der Waals surface area contributed by atoms with Crippen LogP contribution in [0.1, 0.15) is 60.0 Å². The van der Waals surface area contributed by atoms with Crippen molar-refractivity contribution >= 4 is 11.5 Å². The van der Waals surface area contributed by atoms with Gasteiger partial charge in [0.25, 0.3) is 0 Å². The van der Waals surface area contributed by atoms with Crippen LogP contribution in [-0.4, -0.2) is 37.4 Å². The fourth-order valence-corrected chi connectivity index (χ4v) is 4.74. The molecule has 0 aromatic heterocycles. The Morgan fingerprint density at radius 2 is 2.00 bits per heavy atom. The molecular weight excluding hydrogens is 372 g/mol. The fourth-order valence-electron chi connectivity index (χ4n) is 4.74. The van der Waals surface area contributed by atoms with Crippen LogP contribution in [-0.2, 0) is 13.0 Å². The lowest BCUT2D eigenvalue weighted by molar-refractivity contribution is 0.0961. The fraction of sp³-hybridized carbons (Fsp3) is 0.500. The number of hydrogen-bond acceptors (Lipinski definition) is 4. The summed E-state index contributed by atoms with van der Waals surface area (Å²) in [4.78, 5) is 15.3. The summed E-state index contributed by atoms with van der Waals surface area (Å²) < 4.78 is 5.33. The number of rotatable bonds is 7. The van der Waals surface area contributed by atoms with Gasteiger partial charge < -0.3 is 10.1 Å². The largest absolute Gasteiger partial charge is 0.497 e. The second-order valence-electron chi connectivity index (χ2n) is 8.79. The van der Waals surface area contributed by atoms with Gasteiger partial charge in [-0.05, 0) is 86.9 Å². The molecule has 0 saturated carbocycles. The number of nitrogens with one attached hydrogen (secondary N) is 1. The molecule has 160 valence electrons. The van der Waals surface area contributed by atoms with E-state index in [2.05, 4.69) is 40.5 Å². The molecule has 2 aromatic rings. The van der Waals surface area contributed by atoms with Crippen molar-refractivity contribution in [2.24, 2.45) is 5.92 Å². The van der Waals surface area contributed by atoms with Crippen molar-refractivity contribution in [2.45, 2.75) is 51.5 Å². The maximum Gasteiger partial charge on any atom is 0.162 e. The lowest BCUT2D eigenvalue weighted by Crippen LogP contribution is -2.33. The number of carbonyl (C=O) groups is 1. The van der Waals surface area contributed by atoms with Crippen LogP contribution in [0, 0.1) is 5.92 Å². The number of benzene rings is 2. The molecule has 4 rings (SSSR count). The summed E-state index contributed by atoms with van der Waals surface area (Å²) in [5, 5.41) is 3.49. The van der Waals surface area contributed by atoms with E-state index in [-0.39, 0.29) is 0 Å². The van der Waals surface area contributed by atoms with Crippen molar-refractivity contribution in [3.8, 4) is 5.75 Å². The van der Waals surface area contributed by atoms with Gasteiger partial charge >= 0.3 is 0 Å². The number of hydrogen-bond donors (Lipinski definition) is 1. The highest BCUT2D eigenvalue weighted by Gasteiger charge is 2.21. The van der Waals surface area contributed by atoms with Crippen molar-refractivity contribution in [2.75, 3.05) is 32.1 Å². The number of nitrogens with zero attached hydrogens (tertiary/aromatic N) is 1. The number of likely N-dealkylation sites (tertiary alicyclic amines) is 1. The lowest BCUT2D eigenvalue weighted by Gasteiger charge is -2.32. The van der Waals surface area contributed by atoms with Gasteiger partial charge in [-0.15, -0.1) is 0 Å². The van der Waals surface area contributed by atoms with Gasteiger partial charge in [0.1, 0.15) is 5.75 Å². The Labute approximate surface area is 180 Å². The number of piperidine rings is 1. The smallest absolute Gasteiger partial charge is 0.162 e. The average molecular weight is 407 g/mol. The molecule has 2 aliphatic rings. The summed E-state index contributed by atoms with van der Waals surface area (Å²) in [5.41, 5.74) is 4.70. The summed E-state index contributed by atoms with van der Waals surface area (Å²) in [6.45, 7) is 4.21. The maximum atomic E-state index is 12.8. The summed E-state index contributed by atoms with van der Waals surface area (Å²) in [7, 11) is 1.72. The van der Waals surface area contributed by atoms with Crippen LogP contribution in [0.4, 0.5) is 5.69 Å². The molecular formula is C26H34N2O2. The Balaban J connectivity index is 1.23. The Bertz CT molecular complexity index is 856. The van der Waals surface area contributed by atoms with Gasteiger partial charge in [0.15, 0.2) is 5.78 Å². The minimum Gasteiger partial charge on any atom is -0.497 e. The van der Waals surface area contributed by atoms with E-state index in [9.17, 15) is 4.79 Å². The molecule has 2 heterocycles. The number of carbonyl (C=O) groups excluding carboxylic acids is 1. The highest BCUT2D eigenvalue weighted by Crippen LogP contribution is 2.27. The van der Waals surface area contributed by atoms with Crippen molar-refractivity contribution in [3.63, 3.8) is 0 Å². The van der Waals surface area contributed by atoms with E-state index < -0.39 is 0 Å². The number of ether oxygens (including phenoxy) is 1. The number of fused-ring (bicyclic) bond motifs is 1. The summed E-state index contributed by atoms with van der Waals surface area (Å²) in [5.74, 6) is 1.88. The van der Waals surface area contributed by atoms with Crippen LogP contribution >= 0.6 is 0 Å². The summed E-state index contributed by atoms with van der Waals surface area (Å²) >= 11 is 0. The van der Waals surface area contributed by atoms with Gasteiger partial charge in [-0.2, -0.15) is 0 Å². The molecule has 0 atom stereocenters. The Kier molecular flexibility index (Phi) is 7.06. The lowest BCUT2D eigenvalue weighted by atomic mass is 9.90. The van der Waals surface area contributed by atoms with Crippen LogP contribution in [0.15, 0.2) is 42.5 Å². The maximum absolute atomic E-state index is 12.8. The zero-order valence-electron chi connectivity index (χ0n) is 18.2. The number of aryl methyl sites for hydroxylation is 1. The first kappa shape index (κ1) is 20.9. The normalized spacial score (nSPS) is 17.6. The van der Waals surface area contributed by atoms with Crippen molar-refractivity contribution in [1.82, 2.24) is 4.90 Å². The van der Waals surface area contributed by atoms with Crippen molar-refractivity contribution in [3.05, 3.63) is 59.2 Å². The minimum atomic E-state index is 0.294. The molecule has 30 heavy (non-hydrogen) atoms. The standard InChI is InChI=1S/C26H34N2O2/c1-30-24-7-4-5-21(17-24)19-28-15-12-20(13-16-28)8-11-26(29)23-10-9-22-6-2-3-14-27-25(22)18-23/h4-5,7,9-10,17-18,20,27H,2-3,6,8,11-16,19H2,1H3. The number of ketones is 1. The van der Waals surface area contributed by atoms with Gasteiger partial charge in [0.2, 0.25) is 0 Å². The molecule has 0 bridgehead atoms. The van der Waals surface area contributed by atoms with Gasteiger partial charge in [-0.25, -0.2) is 0 Å². The molecule has 1 fully saturated rings. The average Bonchev–Trinajstić information content (AvgIpc) is 3.03. The Morgan fingerprint density at radius 1 is 1.13 bits per heavy atom. The first-order valence-electron chi connectivity index (χ1n) is 11.5. The Morgan fingerprint density at radius 3 is 2.83 bits per heavy atom. The van der Waals surface area contributed by atoms with E-state index in [1.807, 2.05) is 12.1 Å². The molecule has 4 heteroatoms. The Hall–Kier alpha value is -2.33. The van der Waals surface area contributed by atoms with Crippen molar-refractivity contribution < 1.29 is 9.53 Å². The number of Topliss-reactive ketones (excluding diaryl/α,β-unsaturated/α-hetero) is 1. The van der Waals surface area contributed by atoms with Crippen LogP contribution in [0.2, 0.25) is 0 Å². The summed E-state index contributed by atoms with van der Waals surface area (Å²) in [6, 6.07) is 14.6. The van der Waals surface area contributed by atoms with E-state index in [1.165, 1.54) is 42.5 Å². The molecule has 1 saturated heterocycles. The van der Waals surface area contributed by atoms with Gasteiger partial charge in [0.05, 0.1) is 7.11 Å². The molecule has 4 nitrogen and oxygen atoms in total. The van der Waals surface area contributed by atoms with E-state index in [4.69, 9.17) is 4.74 Å². The van der Waals surface area contributed by atoms with E-state index in [0.717, 1.165) is 50.3 Å². The number of methoxy groups -OCH3 is 1. The van der Waals surface area contributed by atoms with Crippen LogP contribution in [0.3, 0.4) is 0 Å². The van der Waals surface area contributed by atoms with Crippen molar-refractivity contribution in [1.29, 1.82) is 0 Å². The number of anilines is 1. The topological polar surface area (TPSA) is 41.6 Å². The first-order valence-corrected chi connectivity index (χ1v) is 11.5. The van der Waals surface area contributed by atoms with Crippen LogP contribution < -0.4 is 10.1 Å². The monoisotopic (exact) mass is 406 g/mol. The predicted molar refractivity (Wildman–Crippen MR) is 122 cm³/mol. The highest BCUT2D eigenvalue weighted by molar-refractivity contribution is 5.97. The van der Waals surface area contributed by atoms with Gasteiger partial charge in [0, 0.05) is 30.8 Å². The third kappa shape index (κ3) is 5.42. The third-order valence-corrected chi connectivity index (χ3v) is 6.65. The van der Waals surface area contributed by atoms with E-state index >= 15 is 0 Å². The van der Waals surface area contributed by atoms with Gasteiger partial charge in [-0.1, -0.05) is 24.3 Å². The van der Waals surface area contributed by atoms with E-state index in [1.54, 1.807) is 7.11 Å². The van der Waals surface area contributed by atoms with E-state index in [0.29, 0.717) is 18.1 Å². The molecule has 2 aliphatic heterocycles. The quantitative estimate of drug-likeness (QED) is 0.632.